The number of sulfonamides is 1. The molecule has 0 bridgehead atoms. The fraction of sp³-hybridized carbons (Fsp3) is 0.619. The SMILES string of the molecule is CCCS(=O)(=O)N1CCC(NC(=O)c2ccc(OCC(=O)NC(C)C)c(OC)c2)CC1. The minimum Gasteiger partial charge on any atom is -0.493 e. The van der Waals surface area contributed by atoms with Crippen LogP contribution in [0.2, 0.25) is 0 Å². The van der Waals surface area contributed by atoms with E-state index in [9.17, 15) is 18.0 Å². The number of piperidine rings is 1. The van der Waals surface area contributed by atoms with Crippen molar-refractivity contribution in [1.29, 1.82) is 0 Å². The Labute approximate surface area is 184 Å². The molecule has 1 aliphatic heterocycles. The van der Waals surface area contributed by atoms with Gasteiger partial charge >= 0.3 is 0 Å². The maximum absolute atomic E-state index is 12.7. The largest absolute Gasteiger partial charge is 0.493 e. The molecular weight excluding hydrogens is 422 g/mol. The maximum atomic E-state index is 12.7. The summed E-state index contributed by atoms with van der Waals surface area (Å²) in [6.45, 7) is 6.22. The first-order chi connectivity index (χ1) is 14.7. The van der Waals surface area contributed by atoms with Gasteiger partial charge in [0, 0.05) is 30.7 Å². The van der Waals surface area contributed by atoms with E-state index in [1.807, 2.05) is 20.8 Å². The third-order valence-electron chi connectivity index (χ3n) is 4.88. The van der Waals surface area contributed by atoms with Crippen LogP contribution in [0.1, 0.15) is 50.4 Å². The molecule has 0 saturated carbocycles. The fourth-order valence-electron chi connectivity index (χ4n) is 3.37. The van der Waals surface area contributed by atoms with Gasteiger partial charge < -0.3 is 20.1 Å². The molecule has 0 atom stereocenters. The van der Waals surface area contributed by atoms with E-state index in [2.05, 4.69) is 10.6 Å². The van der Waals surface area contributed by atoms with Gasteiger partial charge in [-0.2, -0.15) is 0 Å². The fourth-order valence-corrected chi connectivity index (χ4v) is 4.91. The minimum absolute atomic E-state index is 0.0164. The number of hydrogen-bond donors (Lipinski definition) is 2. The summed E-state index contributed by atoms with van der Waals surface area (Å²) >= 11 is 0. The zero-order valence-electron chi connectivity index (χ0n) is 18.6. The average Bonchev–Trinajstić information content (AvgIpc) is 2.72. The Morgan fingerprint density at radius 3 is 2.45 bits per heavy atom. The van der Waals surface area contributed by atoms with Crippen LogP contribution >= 0.6 is 0 Å². The highest BCUT2D eigenvalue weighted by Gasteiger charge is 2.28. The molecule has 0 spiro atoms. The van der Waals surface area contributed by atoms with Gasteiger partial charge in [0.15, 0.2) is 18.1 Å². The van der Waals surface area contributed by atoms with Crippen molar-refractivity contribution in [2.75, 3.05) is 32.6 Å². The van der Waals surface area contributed by atoms with Gasteiger partial charge in [-0.3, -0.25) is 9.59 Å². The molecule has 2 N–H and O–H groups in total. The van der Waals surface area contributed by atoms with Crippen molar-refractivity contribution in [3.05, 3.63) is 23.8 Å². The molecule has 1 aromatic carbocycles. The second-order valence-electron chi connectivity index (χ2n) is 7.84. The van der Waals surface area contributed by atoms with Crippen LogP contribution < -0.4 is 20.1 Å². The topological polar surface area (TPSA) is 114 Å². The molecule has 1 aliphatic rings. The number of nitrogens with one attached hydrogen (secondary N) is 2. The quantitative estimate of drug-likeness (QED) is 0.553. The van der Waals surface area contributed by atoms with Gasteiger partial charge in [-0.1, -0.05) is 6.92 Å². The number of amides is 2. The first-order valence-electron chi connectivity index (χ1n) is 10.5. The van der Waals surface area contributed by atoms with E-state index in [0.717, 1.165) is 0 Å². The van der Waals surface area contributed by atoms with Gasteiger partial charge in [-0.15, -0.1) is 0 Å². The molecule has 1 saturated heterocycles. The zero-order chi connectivity index (χ0) is 23.0. The maximum Gasteiger partial charge on any atom is 0.258 e. The monoisotopic (exact) mass is 455 g/mol. The minimum atomic E-state index is -3.21. The summed E-state index contributed by atoms with van der Waals surface area (Å²) in [5.74, 6) is 0.360. The van der Waals surface area contributed by atoms with Crippen LogP contribution in [0.25, 0.3) is 0 Å². The van der Waals surface area contributed by atoms with Crippen molar-refractivity contribution in [2.24, 2.45) is 0 Å². The first kappa shape index (κ1) is 24.9. The van der Waals surface area contributed by atoms with Crippen LogP contribution in [0, 0.1) is 0 Å². The number of nitrogens with zero attached hydrogens (tertiary/aromatic N) is 1. The van der Waals surface area contributed by atoms with Crippen LogP contribution in [0.15, 0.2) is 18.2 Å². The van der Waals surface area contributed by atoms with E-state index >= 15 is 0 Å². The Bertz CT molecular complexity index is 864. The van der Waals surface area contributed by atoms with Gasteiger partial charge in [0.05, 0.1) is 12.9 Å². The lowest BCUT2D eigenvalue weighted by Gasteiger charge is -2.31. The summed E-state index contributed by atoms with van der Waals surface area (Å²) in [7, 11) is -1.75. The molecule has 1 fully saturated rings. The van der Waals surface area contributed by atoms with E-state index in [1.54, 1.807) is 18.2 Å². The van der Waals surface area contributed by atoms with Gasteiger partial charge in [0.1, 0.15) is 0 Å². The number of rotatable bonds is 10. The zero-order valence-corrected chi connectivity index (χ0v) is 19.5. The summed E-state index contributed by atoms with van der Waals surface area (Å²) < 4.78 is 36.7. The Hall–Kier alpha value is -2.33. The summed E-state index contributed by atoms with van der Waals surface area (Å²) in [6, 6.07) is 4.68. The van der Waals surface area contributed by atoms with Crippen molar-refractivity contribution in [2.45, 2.75) is 52.1 Å². The number of ether oxygens (including phenoxy) is 2. The molecule has 1 aromatic rings. The second kappa shape index (κ2) is 11.3. The number of hydrogen-bond acceptors (Lipinski definition) is 6. The predicted octanol–water partition coefficient (Wildman–Crippen LogP) is 1.53. The standard InChI is InChI=1S/C21H33N3O6S/c1-5-12-31(27,28)24-10-8-17(9-11-24)23-21(26)16-6-7-18(19(13-16)29-4)30-14-20(25)22-15(2)3/h6-7,13,15,17H,5,8-12,14H2,1-4H3,(H,22,25)(H,23,26). The van der Waals surface area contributed by atoms with Crippen molar-refractivity contribution in [3.8, 4) is 11.5 Å². The van der Waals surface area contributed by atoms with E-state index in [4.69, 9.17) is 9.47 Å². The Morgan fingerprint density at radius 1 is 1.19 bits per heavy atom. The van der Waals surface area contributed by atoms with E-state index in [0.29, 0.717) is 49.4 Å². The molecule has 174 valence electrons. The number of carbonyl (C=O) groups excluding carboxylic acids is 2. The molecule has 2 rings (SSSR count). The van der Waals surface area contributed by atoms with Crippen molar-refractivity contribution in [3.63, 3.8) is 0 Å². The lowest BCUT2D eigenvalue weighted by molar-refractivity contribution is -0.123. The van der Waals surface area contributed by atoms with Gasteiger partial charge in [-0.25, -0.2) is 12.7 Å². The van der Waals surface area contributed by atoms with Gasteiger partial charge in [0.25, 0.3) is 11.8 Å². The third-order valence-corrected chi connectivity index (χ3v) is 6.95. The molecule has 10 heteroatoms. The Kier molecular flexibility index (Phi) is 9.12. The smallest absolute Gasteiger partial charge is 0.258 e. The molecule has 0 aliphatic carbocycles. The molecule has 0 unspecified atom stereocenters. The summed E-state index contributed by atoms with van der Waals surface area (Å²) in [6.07, 6.45) is 1.72. The molecule has 0 radical (unpaired) electrons. The molecule has 31 heavy (non-hydrogen) atoms. The number of carbonyl (C=O) groups is 2. The van der Waals surface area contributed by atoms with Crippen LogP contribution in [0.4, 0.5) is 0 Å². The number of benzene rings is 1. The lowest BCUT2D eigenvalue weighted by atomic mass is 10.1. The van der Waals surface area contributed by atoms with Crippen LogP contribution in [-0.4, -0.2) is 69.2 Å². The highest BCUT2D eigenvalue weighted by atomic mass is 32.2. The molecule has 9 nitrogen and oxygen atoms in total. The summed E-state index contributed by atoms with van der Waals surface area (Å²) in [4.78, 5) is 24.4. The van der Waals surface area contributed by atoms with E-state index in [1.165, 1.54) is 11.4 Å². The lowest BCUT2D eigenvalue weighted by Crippen LogP contribution is -2.47. The predicted molar refractivity (Wildman–Crippen MR) is 118 cm³/mol. The Balaban J connectivity index is 1.93. The van der Waals surface area contributed by atoms with Crippen LogP contribution in [0.5, 0.6) is 11.5 Å². The van der Waals surface area contributed by atoms with E-state index < -0.39 is 10.0 Å². The molecule has 0 aromatic heterocycles. The summed E-state index contributed by atoms with van der Waals surface area (Å²) in [5, 5.41) is 5.70. The van der Waals surface area contributed by atoms with Crippen molar-refractivity contribution >= 4 is 21.8 Å². The van der Waals surface area contributed by atoms with Crippen LogP contribution in [-0.2, 0) is 14.8 Å². The molecular formula is C21H33N3O6S. The van der Waals surface area contributed by atoms with Gasteiger partial charge in [-0.05, 0) is 51.3 Å². The van der Waals surface area contributed by atoms with Gasteiger partial charge in [0.2, 0.25) is 10.0 Å². The van der Waals surface area contributed by atoms with Crippen molar-refractivity contribution in [1.82, 2.24) is 14.9 Å². The normalized spacial score (nSPS) is 15.5. The average molecular weight is 456 g/mol. The Morgan fingerprint density at radius 2 is 1.87 bits per heavy atom. The second-order valence-corrected chi connectivity index (χ2v) is 9.93. The first-order valence-corrected chi connectivity index (χ1v) is 12.2. The third kappa shape index (κ3) is 7.39. The van der Waals surface area contributed by atoms with Crippen LogP contribution in [0.3, 0.4) is 0 Å². The molecule has 1 heterocycles. The van der Waals surface area contributed by atoms with Crippen molar-refractivity contribution < 1.29 is 27.5 Å². The highest BCUT2D eigenvalue weighted by Crippen LogP contribution is 2.28. The number of methoxy groups -OCH3 is 1. The van der Waals surface area contributed by atoms with E-state index in [-0.39, 0.29) is 36.3 Å². The summed E-state index contributed by atoms with van der Waals surface area (Å²) in [5.41, 5.74) is 0.400. The highest BCUT2D eigenvalue weighted by molar-refractivity contribution is 7.89. The molecule has 2 amide bonds.